The second-order valence-corrected chi connectivity index (χ2v) is 1.76. The minimum atomic E-state index is -1.19. The van der Waals surface area contributed by atoms with Crippen molar-refractivity contribution in [2.75, 3.05) is 0 Å². The van der Waals surface area contributed by atoms with Gasteiger partial charge in [0.05, 0.1) is 0 Å². The molecular formula is C4H2FN5O2. The third-order valence-corrected chi connectivity index (χ3v) is 1.02. The molecular weight excluding hydrogens is 169 g/mol. The fourth-order valence-electron chi connectivity index (χ4n) is 0.548. The van der Waals surface area contributed by atoms with Crippen LogP contribution in [-0.4, -0.2) is 9.66 Å². The van der Waals surface area contributed by atoms with E-state index in [0.717, 1.165) is 0 Å². The van der Waals surface area contributed by atoms with Crippen LogP contribution < -0.4 is 11.2 Å². The van der Waals surface area contributed by atoms with Crippen molar-refractivity contribution in [2.24, 2.45) is 5.22 Å². The van der Waals surface area contributed by atoms with Gasteiger partial charge in [0.25, 0.3) is 5.56 Å². The molecule has 0 bridgehead atoms. The van der Waals surface area contributed by atoms with E-state index in [4.69, 9.17) is 5.53 Å². The summed E-state index contributed by atoms with van der Waals surface area (Å²) in [6.07, 6.45) is 0.501. The first-order valence-corrected chi connectivity index (χ1v) is 2.72. The van der Waals surface area contributed by atoms with E-state index in [-0.39, 0.29) is 0 Å². The molecule has 0 aliphatic heterocycles. The normalized spacial score (nSPS) is 9.08. The van der Waals surface area contributed by atoms with Crippen molar-refractivity contribution in [2.45, 2.75) is 0 Å². The molecule has 0 aliphatic carbocycles. The summed E-state index contributed by atoms with van der Waals surface area (Å²) in [5.41, 5.74) is 5.75. The highest BCUT2D eigenvalue weighted by molar-refractivity contribution is 4.86. The molecule has 0 aromatic carbocycles. The Morgan fingerprint density at radius 3 is 2.92 bits per heavy atom. The fraction of sp³-hybridized carbons (Fsp3) is 0. The minimum Gasteiger partial charge on any atom is -0.266 e. The lowest BCUT2D eigenvalue weighted by Crippen LogP contribution is -2.28. The summed E-state index contributed by atoms with van der Waals surface area (Å²) >= 11 is 0. The Bertz CT molecular complexity index is 453. The van der Waals surface area contributed by atoms with Crippen LogP contribution in [0.15, 0.2) is 21.0 Å². The molecule has 0 saturated heterocycles. The van der Waals surface area contributed by atoms with Gasteiger partial charge in [0.2, 0.25) is 5.82 Å². The van der Waals surface area contributed by atoms with Crippen molar-refractivity contribution in [3.8, 4) is 0 Å². The Kier molecular flexibility index (Phi) is 1.93. The Balaban J connectivity index is 3.53. The molecule has 0 aliphatic rings. The number of hydrogen-bond acceptors (Lipinski definition) is 3. The van der Waals surface area contributed by atoms with Gasteiger partial charge < -0.3 is 0 Å². The van der Waals surface area contributed by atoms with Crippen LogP contribution in [0, 0.1) is 5.82 Å². The van der Waals surface area contributed by atoms with Crippen molar-refractivity contribution in [3.05, 3.63) is 43.3 Å². The molecule has 7 nitrogen and oxygen atoms in total. The number of nitrogens with one attached hydrogen (secondary N) is 1. The predicted octanol–water partition coefficient (Wildman–Crippen LogP) is -0.251. The average molecular weight is 171 g/mol. The van der Waals surface area contributed by atoms with Gasteiger partial charge in [-0.15, -0.1) is 10.2 Å². The first-order chi connectivity index (χ1) is 5.65. The molecule has 0 saturated carbocycles. The van der Waals surface area contributed by atoms with E-state index in [1.165, 1.54) is 0 Å². The van der Waals surface area contributed by atoms with Gasteiger partial charge in [0, 0.05) is 0 Å². The Labute approximate surface area is 63.7 Å². The molecule has 0 amide bonds. The second kappa shape index (κ2) is 2.89. The van der Waals surface area contributed by atoms with Crippen LogP contribution in [0.2, 0.25) is 0 Å². The lowest BCUT2D eigenvalue weighted by Gasteiger charge is -1.88. The maximum absolute atomic E-state index is 12.4. The van der Waals surface area contributed by atoms with Gasteiger partial charge in [-0.3, -0.25) is 9.78 Å². The standard InChI is InChI=1S/C4H2FN5O2/c5-2-1-10(9-8-6)4(12)7-3(2)11/h1H,(H,7,11,12). The summed E-state index contributed by atoms with van der Waals surface area (Å²) in [5, 5.41) is 2.78. The van der Waals surface area contributed by atoms with E-state index in [9.17, 15) is 14.0 Å². The Morgan fingerprint density at radius 2 is 2.33 bits per heavy atom. The largest absolute Gasteiger partial charge is 0.423 e. The summed E-state index contributed by atoms with van der Waals surface area (Å²) in [4.78, 5) is 24.9. The van der Waals surface area contributed by atoms with Gasteiger partial charge in [0.15, 0.2) is 0 Å². The van der Waals surface area contributed by atoms with Gasteiger partial charge in [-0.1, -0.05) is 0 Å². The van der Waals surface area contributed by atoms with Crippen LogP contribution in [0.1, 0.15) is 0 Å². The highest BCUT2D eigenvalue weighted by atomic mass is 19.1. The number of hydrogen-bond donors (Lipinski definition) is 1. The topological polar surface area (TPSA) is 104 Å². The van der Waals surface area contributed by atoms with Crippen LogP contribution in [0.3, 0.4) is 0 Å². The minimum absolute atomic E-state index is 0.344. The summed E-state index contributed by atoms with van der Waals surface area (Å²) in [6.45, 7) is 0. The number of rotatable bonds is 1. The third kappa shape index (κ3) is 1.32. The quantitative estimate of drug-likeness (QED) is 0.357. The number of H-pyrrole nitrogens is 1. The zero-order valence-corrected chi connectivity index (χ0v) is 5.56. The number of halogens is 1. The first-order valence-electron chi connectivity index (χ1n) is 2.72. The zero-order valence-electron chi connectivity index (χ0n) is 5.56. The summed E-state index contributed by atoms with van der Waals surface area (Å²) in [6, 6.07) is 0. The van der Waals surface area contributed by atoms with Crippen molar-refractivity contribution >= 4 is 0 Å². The highest BCUT2D eigenvalue weighted by Gasteiger charge is 2.04. The van der Waals surface area contributed by atoms with Gasteiger partial charge in [-0.05, 0) is 5.22 Å². The lowest BCUT2D eigenvalue weighted by molar-refractivity contribution is 0.572. The maximum atomic E-state index is 12.4. The predicted molar refractivity (Wildman–Crippen MR) is 35.8 cm³/mol. The molecule has 12 heavy (non-hydrogen) atoms. The summed E-state index contributed by atoms with van der Waals surface area (Å²) in [7, 11) is 0. The first kappa shape index (κ1) is 8.02. The van der Waals surface area contributed by atoms with E-state index in [0.29, 0.717) is 10.9 Å². The molecule has 0 atom stereocenters. The maximum Gasteiger partial charge on any atom is 0.423 e. The molecule has 0 unspecified atom stereocenters. The van der Waals surface area contributed by atoms with E-state index in [2.05, 4.69) is 10.1 Å². The molecule has 0 radical (unpaired) electrons. The van der Waals surface area contributed by atoms with Crippen LogP contribution >= 0.6 is 0 Å². The Hall–Kier alpha value is -2.08. The van der Waals surface area contributed by atoms with Crippen molar-refractivity contribution in [3.63, 3.8) is 0 Å². The molecule has 1 heterocycles. The van der Waals surface area contributed by atoms with Gasteiger partial charge in [-0.2, -0.15) is 9.30 Å². The lowest BCUT2D eigenvalue weighted by atomic mass is 10.6. The van der Waals surface area contributed by atoms with Crippen LogP contribution in [-0.2, 0) is 0 Å². The monoisotopic (exact) mass is 171 g/mol. The van der Waals surface area contributed by atoms with Gasteiger partial charge in [0.1, 0.15) is 6.20 Å². The molecule has 1 rings (SSSR count). The number of aromatic nitrogens is 2. The summed E-state index contributed by atoms with van der Waals surface area (Å²) in [5.74, 6) is -1.19. The third-order valence-electron chi connectivity index (χ3n) is 1.02. The highest BCUT2D eigenvalue weighted by Crippen LogP contribution is 1.82. The van der Waals surface area contributed by atoms with E-state index < -0.39 is 17.1 Å². The van der Waals surface area contributed by atoms with Crippen molar-refractivity contribution in [1.29, 1.82) is 0 Å². The molecule has 62 valence electrons. The average Bonchev–Trinajstić information content (AvgIpc) is 2.01. The van der Waals surface area contributed by atoms with Crippen LogP contribution in [0.4, 0.5) is 4.39 Å². The SMILES string of the molecule is [N-]=[N+]=Nn1cc(F)c(=O)[nH]c1=O. The zero-order chi connectivity index (χ0) is 9.14. The molecule has 1 aromatic heterocycles. The van der Waals surface area contributed by atoms with Gasteiger partial charge in [-0.25, -0.2) is 4.79 Å². The molecule has 8 heteroatoms. The smallest absolute Gasteiger partial charge is 0.266 e. The van der Waals surface area contributed by atoms with Crippen LogP contribution in [0.25, 0.3) is 10.4 Å². The van der Waals surface area contributed by atoms with Gasteiger partial charge >= 0.3 is 5.69 Å². The molecule has 1 aromatic rings. The molecule has 1 N–H and O–H groups in total. The van der Waals surface area contributed by atoms with Crippen LogP contribution in [0.5, 0.6) is 0 Å². The van der Waals surface area contributed by atoms with Crippen molar-refractivity contribution in [1.82, 2.24) is 9.66 Å². The number of azide groups is 1. The van der Waals surface area contributed by atoms with Crippen molar-refractivity contribution < 1.29 is 4.39 Å². The van der Waals surface area contributed by atoms with E-state index in [1.807, 2.05) is 0 Å². The van der Waals surface area contributed by atoms with E-state index in [1.54, 1.807) is 4.98 Å². The fourth-order valence-corrected chi connectivity index (χ4v) is 0.548. The number of aromatic amines is 1. The summed E-state index contributed by atoms with van der Waals surface area (Å²) < 4.78 is 12.7. The second-order valence-electron chi connectivity index (χ2n) is 1.76. The number of nitrogens with zero attached hydrogens (tertiary/aromatic N) is 4. The molecule has 0 spiro atoms. The van der Waals surface area contributed by atoms with E-state index >= 15 is 0 Å². The Morgan fingerprint density at radius 1 is 1.67 bits per heavy atom. The molecule has 0 fully saturated rings.